The average molecular weight is 491 g/mol. The van der Waals surface area contributed by atoms with E-state index in [1.54, 1.807) is 24.3 Å². The predicted octanol–water partition coefficient (Wildman–Crippen LogP) is 4.60. The van der Waals surface area contributed by atoms with Gasteiger partial charge in [0.2, 0.25) is 11.1 Å². The van der Waals surface area contributed by atoms with E-state index >= 15 is 0 Å². The number of anilines is 1. The zero-order valence-corrected chi connectivity index (χ0v) is 17.3. The zero-order chi connectivity index (χ0) is 19.6. The van der Waals surface area contributed by atoms with E-state index in [0.29, 0.717) is 31.1 Å². The van der Waals surface area contributed by atoms with Crippen LogP contribution in [0.5, 0.6) is 0 Å². The lowest BCUT2D eigenvalue weighted by Gasteiger charge is -2.07. The molecule has 0 saturated heterocycles. The van der Waals surface area contributed by atoms with Crippen molar-refractivity contribution in [3.8, 4) is 11.4 Å². The van der Waals surface area contributed by atoms with E-state index in [2.05, 4.69) is 31.4 Å². The third-order valence-corrected chi connectivity index (χ3v) is 5.37. The van der Waals surface area contributed by atoms with Crippen LogP contribution in [0.1, 0.15) is 0 Å². The van der Waals surface area contributed by atoms with Gasteiger partial charge in [-0.1, -0.05) is 50.9 Å². The van der Waals surface area contributed by atoms with Gasteiger partial charge in [0.25, 0.3) is 0 Å². The fourth-order valence-corrected chi connectivity index (χ4v) is 3.50. The number of carbonyl (C=O) groups is 1. The first-order valence-corrected chi connectivity index (χ1v) is 9.92. The van der Waals surface area contributed by atoms with Crippen LogP contribution < -0.4 is 11.2 Å². The van der Waals surface area contributed by atoms with Gasteiger partial charge in [-0.05, 0) is 36.4 Å². The van der Waals surface area contributed by atoms with Crippen LogP contribution in [0, 0.1) is 5.82 Å². The average Bonchev–Trinajstić information content (AvgIpc) is 2.98. The van der Waals surface area contributed by atoms with Gasteiger partial charge in [-0.15, -0.1) is 10.2 Å². The molecule has 6 nitrogen and oxygen atoms in total. The summed E-state index contributed by atoms with van der Waals surface area (Å²) in [4.78, 5) is 12.1. The first kappa shape index (κ1) is 19.9. The highest BCUT2D eigenvalue weighted by Gasteiger charge is 2.17. The van der Waals surface area contributed by atoms with Crippen LogP contribution in [0.4, 0.5) is 10.1 Å². The van der Waals surface area contributed by atoms with E-state index < -0.39 is 11.7 Å². The molecule has 0 bridgehead atoms. The first-order valence-electron chi connectivity index (χ1n) is 7.39. The highest BCUT2D eigenvalue weighted by atomic mass is 79.9. The van der Waals surface area contributed by atoms with Gasteiger partial charge in [0.15, 0.2) is 5.82 Å². The Balaban J connectivity index is 1.69. The second kappa shape index (κ2) is 8.47. The third kappa shape index (κ3) is 4.73. The van der Waals surface area contributed by atoms with Crippen LogP contribution in [-0.4, -0.2) is 26.5 Å². The zero-order valence-electron chi connectivity index (χ0n) is 13.4. The lowest BCUT2D eigenvalue weighted by atomic mass is 10.2. The lowest BCUT2D eigenvalue weighted by molar-refractivity contribution is -0.113. The van der Waals surface area contributed by atoms with Gasteiger partial charge in [-0.3, -0.25) is 4.79 Å². The minimum atomic E-state index is -0.539. The smallest absolute Gasteiger partial charge is 0.234 e. The first-order chi connectivity index (χ1) is 12.8. The van der Waals surface area contributed by atoms with Crippen molar-refractivity contribution in [2.75, 3.05) is 16.9 Å². The number of halogens is 4. The molecule has 27 heavy (non-hydrogen) atoms. The number of benzene rings is 2. The Morgan fingerprint density at radius 1 is 1.26 bits per heavy atom. The number of nitrogens with two attached hydrogens (primary N) is 1. The highest BCUT2D eigenvalue weighted by Crippen LogP contribution is 2.30. The van der Waals surface area contributed by atoms with Gasteiger partial charge in [0.05, 0.1) is 16.5 Å². The molecule has 0 aliphatic rings. The summed E-state index contributed by atoms with van der Waals surface area (Å²) in [7, 11) is 0. The Bertz CT molecular complexity index is 1020. The standard InChI is InChI=1S/C16H11BrCl2FN5OS/c17-8-1-4-13(12(20)5-8)22-14(26)7-27-16-24-23-15(25(16)21)10-6-9(18)2-3-11(10)19/h1-6H,7,21H2,(H,22,26). The minimum Gasteiger partial charge on any atom is -0.335 e. The van der Waals surface area contributed by atoms with Crippen molar-refractivity contribution in [1.82, 2.24) is 14.9 Å². The van der Waals surface area contributed by atoms with Crippen molar-refractivity contribution >= 4 is 62.5 Å². The highest BCUT2D eigenvalue weighted by molar-refractivity contribution is 9.10. The van der Waals surface area contributed by atoms with Crippen LogP contribution in [0.25, 0.3) is 11.4 Å². The summed E-state index contributed by atoms with van der Waals surface area (Å²) in [6, 6.07) is 9.25. The third-order valence-electron chi connectivity index (χ3n) is 3.37. The lowest BCUT2D eigenvalue weighted by Crippen LogP contribution is -2.17. The summed E-state index contributed by atoms with van der Waals surface area (Å²) in [5, 5.41) is 11.6. The van der Waals surface area contributed by atoms with Gasteiger partial charge >= 0.3 is 0 Å². The van der Waals surface area contributed by atoms with E-state index in [1.807, 2.05) is 0 Å². The summed E-state index contributed by atoms with van der Waals surface area (Å²) in [5.41, 5.74) is 0.608. The molecular formula is C16H11BrCl2FN5OS. The number of carbonyl (C=O) groups excluding carboxylic acids is 1. The molecule has 0 spiro atoms. The number of amides is 1. The quantitative estimate of drug-likeness (QED) is 0.403. The van der Waals surface area contributed by atoms with E-state index in [9.17, 15) is 9.18 Å². The Morgan fingerprint density at radius 3 is 2.78 bits per heavy atom. The molecule has 2 aromatic carbocycles. The topological polar surface area (TPSA) is 85.8 Å². The molecule has 0 radical (unpaired) electrons. The van der Waals surface area contributed by atoms with Gasteiger partial charge in [0.1, 0.15) is 5.82 Å². The van der Waals surface area contributed by atoms with Gasteiger partial charge in [-0.2, -0.15) is 0 Å². The van der Waals surface area contributed by atoms with Crippen molar-refractivity contribution in [2.45, 2.75) is 5.16 Å². The molecule has 0 aliphatic carbocycles. The summed E-state index contributed by atoms with van der Waals surface area (Å²) in [5.74, 6) is 5.33. The van der Waals surface area contributed by atoms with Crippen molar-refractivity contribution in [3.05, 3.63) is 56.7 Å². The van der Waals surface area contributed by atoms with Crippen molar-refractivity contribution in [2.24, 2.45) is 0 Å². The fraction of sp³-hybridized carbons (Fsp3) is 0.0625. The number of nitrogens with one attached hydrogen (secondary N) is 1. The maximum Gasteiger partial charge on any atom is 0.234 e. The second-order valence-electron chi connectivity index (χ2n) is 5.26. The molecule has 1 heterocycles. The number of thioether (sulfide) groups is 1. The van der Waals surface area contributed by atoms with Crippen LogP contribution in [0.2, 0.25) is 10.0 Å². The van der Waals surface area contributed by atoms with Crippen molar-refractivity contribution in [3.63, 3.8) is 0 Å². The number of hydrogen-bond donors (Lipinski definition) is 2. The molecule has 0 saturated carbocycles. The molecule has 140 valence electrons. The van der Waals surface area contributed by atoms with Crippen LogP contribution in [-0.2, 0) is 4.79 Å². The molecule has 3 rings (SSSR count). The normalized spacial score (nSPS) is 10.8. The number of nitrogens with zero attached hydrogens (tertiary/aromatic N) is 3. The summed E-state index contributed by atoms with van der Waals surface area (Å²) < 4.78 is 15.6. The van der Waals surface area contributed by atoms with Gasteiger partial charge in [-0.25, -0.2) is 9.07 Å². The molecule has 3 N–H and O–H groups in total. The molecule has 0 unspecified atom stereocenters. The molecule has 1 aromatic heterocycles. The molecule has 1 amide bonds. The van der Waals surface area contributed by atoms with Gasteiger partial charge < -0.3 is 11.2 Å². The molecule has 0 aliphatic heterocycles. The number of aromatic nitrogens is 3. The predicted molar refractivity (Wildman–Crippen MR) is 109 cm³/mol. The molecule has 11 heteroatoms. The fourth-order valence-electron chi connectivity index (χ4n) is 2.14. The number of rotatable bonds is 5. The molecule has 0 fully saturated rings. The van der Waals surface area contributed by atoms with E-state index in [-0.39, 0.29) is 11.4 Å². The number of nitrogen functional groups attached to an aromatic ring is 1. The molecular weight excluding hydrogens is 480 g/mol. The van der Waals surface area contributed by atoms with Crippen molar-refractivity contribution in [1.29, 1.82) is 0 Å². The Morgan fingerprint density at radius 2 is 2.04 bits per heavy atom. The SMILES string of the molecule is Nn1c(SCC(=O)Nc2ccc(Br)cc2F)nnc1-c1cc(Cl)ccc1Cl. The maximum atomic E-state index is 13.8. The second-order valence-corrected chi connectivity index (χ2v) is 7.96. The Labute approximate surface area is 176 Å². The monoisotopic (exact) mass is 489 g/mol. The molecule has 3 aromatic rings. The Kier molecular flexibility index (Phi) is 6.25. The number of hydrogen-bond acceptors (Lipinski definition) is 5. The Hall–Kier alpha value is -1.81. The van der Waals surface area contributed by atoms with E-state index in [0.717, 1.165) is 11.8 Å². The van der Waals surface area contributed by atoms with Crippen LogP contribution in [0.3, 0.4) is 0 Å². The van der Waals surface area contributed by atoms with Gasteiger partial charge in [0, 0.05) is 15.1 Å². The van der Waals surface area contributed by atoms with E-state index in [4.69, 9.17) is 29.0 Å². The maximum absolute atomic E-state index is 13.8. The van der Waals surface area contributed by atoms with Crippen molar-refractivity contribution < 1.29 is 9.18 Å². The molecule has 0 atom stereocenters. The summed E-state index contributed by atoms with van der Waals surface area (Å²) >= 11 is 16.3. The van der Waals surface area contributed by atoms with E-state index in [1.165, 1.54) is 16.8 Å². The largest absolute Gasteiger partial charge is 0.335 e. The van der Waals surface area contributed by atoms with Crippen LogP contribution in [0.15, 0.2) is 46.0 Å². The van der Waals surface area contributed by atoms with Crippen LogP contribution >= 0.6 is 50.9 Å². The summed E-state index contributed by atoms with van der Waals surface area (Å²) in [6.45, 7) is 0. The minimum absolute atomic E-state index is 0.0336. The summed E-state index contributed by atoms with van der Waals surface area (Å²) in [6.07, 6.45) is 0.